The smallest absolute Gasteiger partial charge is 0.245 e. The first kappa shape index (κ1) is 14.0. The Morgan fingerprint density at radius 1 is 1.33 bits per heavy atom. The minimum Gasteiger partial charge on any atom is -0.345 e. The van der Waals surface area contributed by atoms with Crippen LogP contribution < -0.4 is 5.32 Å². The summed E-state index contributed by atoms with van der Waals surface area (Å²) in [6.45, 7) is 4.09. The van der Waals surface area contributed by atoms with E-state index >= 15 is 0 Å². The molecule has 5 nitrogen and oxygen atoms in total. The van der Waals surface area contributed by atoms with E-state index in [0.29, 0.717) is 13.0 Å². The van der Waals surface area contributed by atoms with Crippen molar-refractivity contribution in [1.82, 2.24) is 15.2 Å². The zero-order valence-electron chi connectivity index (χ0n) is 12.0. The van der Waals surface area contributed by atoms with Gasteiger partial charge in [0.2, 0.25) is 11.8 Å². The van der Waals surface area contributed by atoms with Gasteiger partial charge in [-0.1, -0.05) is 12.1 Å². The van der Waals surface area contributed by atoms with Gasteiger partial charge in [-0.25, -0.2) is 4.98 Å². The van der Waals surface area contributed by atoms with Gasteiger partial charge < -0.3 is 10.2 Å². The van der Waals surface area contributed by atoms with Gasteiger partial charge >= 0.3 is 0 Å². The standard InChI is InChI=1S/C15H17N3O2S/c1-9-7-13(19)16-10(2)15(20)18(9)8-14-17-11-5-3-4-6-12(11)21-14/h3-6,9-10H,7-8H2,1-2H3,(H,16,19). The average molecular weight is 303 g/mol. The molecule has 0 spiro atoms. The monoisotopic (exact) mass is 303 g/mol. The second kappa shape index (κ2) is 5.44. The molecule has 6 heteroatoms. The first-order valence-corrected chi connectivity index (χ1v) is 7.80. The van der Waals surface area contributed by atoms with Gasteiger partial charge in [0.05, 0.1) is 16.8 Å². The fourth-order valence-corrected chi connectivity index (χ4v) is 3.54. The van der Waals surface area contributed by atoms with E-state index in [4.69, 9.17) is 0 Å². The van der Waals surface area contributed by atoms with E-state index in [0.717, 1.165) is 15.2 Å². The molecule has 0 bridgehead atoms. The number of rotatable bonds is 2. The topological polar surface area (TPSA) is 62.3 Å². The average Bonchev–Trinajstić information content (AvgIpc) is 2.82. The summed E-state index contributed by atoms with van der Waals surface area (Å²) in [6.07, 6.45) is 0.334. The maximum absolute atomic E-state index is 12.4. The Labute approximate surface area is 127 Å². The summed E-state index contributed by atoms with van der Waals surface area (Å²) in [4.78, 5) is 30.4. The van der Waals surface area contributed by atoms with E-state index < -0.39 is 6.04 Å². The summed E-state index contributed by atoms with van der Waals surface area (Å²) in [5.41, 5.74) is 0.953. The highest BCUT2D eigenvalue weighted by Crippen LogP contribution is 2.24. The van der Waals surface area contributed by atoms with Crippen LogP contribution in [0.5, 0.6) is 0 Å². The van der Waals surface area contributed by atoms with Gasteiger partial charge in [-0.15, -0.1) is 11.3 Å². The lowest BCUT2D eigenvalue weighted by molar-refractivity contribution is -0.135. The first-order chi connectivity index (χ1) is 10.0. The molecule has 2 amide bonds. The molecule has 1 aliphatic heterocycles. The van der Waals surface area contributed by atoms with Crippen molar-refractivity contribution < 1.29 is 9.59 Å². The van der Waals surface area contributed by atoms with Crippen molar-refractivity contribution in [2.75, 3.05) is 0 Å². The Kier molecular flexibility index (Phi) is 3.63. The molecular weight excluding hydrogens is 286 g/mol. The van der Waals surface area contributed by atoms with Crippen LogP contribution in [0.15, 0.2) is 24.3 Å². The highest BCUT2D eigenvalue weighted by molar-refractivity contribution is 7.18. The van der Waals surface area contributed by atoms with Crippen molar-refractivity contribution in [3.8, 4) is 0 Å². The number of fused-ring (bicyclic) bond motifs is 1. The molecule has 21 heavy (non-hydrogen) atoms. The Morgan fingerprint density at radius 3 is 2.86 bits per heavy atom. The zero-order valence-corrected chi connectivity index (χ0v) is 12.8. The van der Waals surface area contributed by atoms with Gasteiger partial charge in [-0.3, -0.25) is 9.59 Å². The van der Waals surface area contributed by atoms with Crippen molar-refractivity contribution in [3.05, 3.63) is 29.3 Å². The predicted octanol–water partition coefficient (Wildman–Crippen LogP) is 1.92. The quantitative estimate of drug-likeness (QED) is 0.922. The summed E-state index contributed by atoms with van der Waals surface area (Å²) in [6, 6.07) is 7.34. The summed E-state index contributed by atoms with van der Waals surface area (Å²) in [5, 5.41) is 3.62. The number of carbonyl (C=O) groups is 2. The van der Waals surface area contributed by atoms with Crippen molar-refractivity contribution >= 4 is 33.4 Å². The van der Waals surface area contributed by atoms with Gasteiger partial charge in [0.15, 0.2) is 0 Å². The predicted molar refractivity (Wildman–Crippen MR) is 81.9 cm³/mol. The fourth-order valence-electron chi connectivity index (χ4n) is 2.57. The van der Waals surface area contributed by atoms with E-state index in [9.17, 15) is 9.59 Å². The van der Waals surface area contributed by atoms with Crippen LogP contribution in [0.4, 0.5) is 0 Å². The lowest BCUT2D eigenvalue weighted by Crippen LogP contribution is -2.44. The number of nitrogens with zero attached hydrogens (tertiary/aromatic N) is 2. The molecule has 2 heterocycles. The zero-order chi connectivity index (χ0) is 15.0. The number of hydrogen-bond donors (Lipinski definition) is 1. The number of thiazole rings is 1. The lowest BCUT2D eigenvalue weighted by Gasteiger charge is -2.26. The molecule has 2 aromatic rings. The SMILES string of the molecule is CC1NC(=O)CC(C)N(Cc2nc3ccccc3s2)C1=O. The molecule has 2 unspecified atom stereocenters. The second-order valence-electron chi connectivity index (χ2n) is 5.38. The molecule has 1 aromatic carbocycles. The molecule has 1 fully saturated rings. The van der Waals surface area contributed by atoms with Gasteiger partial charge in [-0.05, 0) is 26.0 Å². The molecule has 0 saturated carbocycles. The van der Waals surface area contributed by atoms with E-state index in [-0.39, 0.29) is 17.9 Å². The molecular formula is C15H17N3O2S. The van der Waals surface area contributed by atoms with Crippen LogP contribution >= 0.6 is 11.3 Å². The third-order valence-electron chi connectivity index (χ3n) is 3.69. The van der Waals surface area contributed by atoms with Gasteiger partial charge in [0, 0.05) is 12.5 Å². The number of aromatic nitrogens is 1. The Hall–Kier alpha value is -1.95. The van der Waals surface area contributed by atoms with Crippen LogP contribution in [0.1, 0.15) is 25.3 Å². The maximum atomic E-state index is 12.4. The third kappa shape index (κ3) is 2.76. The van der Waals surface area contributed by atoms with Crippen molar-refractivity contribution in [2.45, 2.75) is 38.9 Å². The van der Waals surface area contributed by atoms with E-state index in [1.807, 2.05) is 31.2 Å². The summed E-state index contributed by atoms with van der Waals surface area (Å²) in [5.74, 6) is -0.122. The summed E-state index contributed by atoms with van der Waals surface area (Å²) in [7, 11) is 0. The minimum absolute atomic E-state index is 0.0485. The van der Waals surface area contributed by atoms with Gasteiger partial charge in [0.1, 0.15) is 11.0 Å². The Balaban J connectivity index is 1.87. The number of benzene rings is 1. The van der Waals surface area contributed by atoms with Gasteiger partial charge in [-0.2, -0.15) is 0 Å². The molecule has 1 saturated heterocycles. The maximum Gasteiger partial charge on any atom is 0.245 e. The molecule has 1 aliphatic rings. The van der Waals surface area contributed by atoms with Crippen LogP contribution in [0.2, 0.25) is 0 Å². The van der Waals surface area contributed by atoms with Crippen LogP contribution in [-0.2, 0) is 16.1 Å². The molecule has 110 valence electrons. The van der Waals surface area contributed by atoms with Gasteiger partial charge in [0.25, 0.3) is 0 Å². The van der Waals surface area contributed by atoms with E-state index in [1.165, 1.54) is 0 Å². The molecule has 1 N–H and O–H groups in total. The molecule has 0 radical (unpaired) electrons. The Bertz CT molecular complexity index is 664. The number of nitrogens with one attached hydrogen (secondary N) is 1. The molecule has 0 aliphatic carbocycles. The molecule has 2 atom stereocenters. The van der Waals surface area contributed by atoms with Crippen LogP contribution in [0, 0.1) is 0 Å². The highest BCUT2D eigenvalue weighted by atomic mass is 32.1. The lowest BCUT2D eigenvalue weighted by atomic mass is 10.2. The van der Waals surface area contributed by atoms with Crippen molar-refractivity contribution in [1.29, 1.82) is 0 Å². The largest absolute Gasteiger partial charge is 0.345 e. The molecule has 1 aromatic heterocycles. The normalized spacial score (nSPS) is 23.2. The van der Waals surface area contributed by atoms with Crippen LogP contribution in [-0.4, -0.2) is 33.8 Å². The fraction of sp³-hybridized carbons (Fsp3) is 0.400. The van der Waals surface area contributed by atoms with Crippen LogP contribution in [0.25, 0.3) is 10.2 Å². The van der Waals surface area contributed by atoms with Crippen LogP contribution in [0.3, 0.4) is 0 Å². The first-order valence-electron chi connectivity index (χ1n) is 6.99. The summed E-state index contributed by atoms with van der Waals surface area (Å²) < 4.78 is 1.12. The highest BCUT2D eigenvalue weighted by Gasteiger charge is 2.31. The second-order valence-corrected chi connectivity index (χ2v) is 6.50. The molecule has 3 rings (SSSR count). The van der Waals surface area contributed by atoms with E-state index in [2.05, 4.69) is 10.3 Å². The number of amides is 2. The van der Waals surface area contributed by atoms with Crippen molar-refractivity contribution in [3.63, 3.8) is 0 Å². The number of hydrogen-bond acceptors (Lipinski definition) is 4. The number of para-hydroxylation sites is 1. The van der Waals surface area contributed by atoms with Crippen molar-refractivity contribution in [2.24, 2.45) is 0 Å². The number of carbonyl (C=O) groups excluding carboxylic acids is 2. The Morgan fingerprint density at radius 2 is 2.10 bits per heavy atom. The third-order valence-corrected chi connectivity index (χ3v) is 4.71. The van der Waals surface area contributed by atoms with E-state index in [1.54, 1.807) is 23.2 Å². The summed E-state index contributed by atoms with van der Waals surface area (Å²) >= 11 is 1.59. The minimum atomic E-state index is -0.475.